The zero-order valence-corrected chi connectivity index (χ0v) is 10.6. The van der Waals surface area contributed by atoms with Crippen molar-refractivity contribution in [3.63, 3.8) is 0 Å². The standard InChI is InChI=1S/C12H12F2N2O2S/c13-12(14)19(17,18)11-6-2-1-5-10(11)16-8-9-4-3-7-15-9/h1-7,12,15-16H,8H2. The number of H-pyrrole nitrogens is 1. The Hall–Kier alpha value is -1.89. The van der Waals surface area contributed by atoms with Gasteiger partial charge in [-0.05, 0) is 24.3 Å². The molecular weight excluding hydrogens is 274 g/mol. The lowest BCUT2D eigenvalue weighted by molar-refractivity contribution is 0.235. The lowest BCUT2D eigenvalue weighted by Gasteiger charge is -2.11. The van der Waals surface area contributed by atoms with Crippen molar-refractivity contribution in [2.24, 2.45) is 0 Å². The molecule has 0 unspecified atom stereocenters. The van der Waals surface area contributed by atoms with Crippen molar-refractivity contribution in [2.75, 3.05) is 5.32 Å². The topological polar surface area (TPSA) is 62.0 Å². The number of anilines is 1. The second-order valence-corrected chi connectivity index (χ2v) is 5.74. The highest BCUT2D eigenvalue weighted by molar-refractivity contribution is 7.91. The van der Waals surface area contributed by atoms with E-state index in [9.17, 15) is 17.2 Å². The van der Waals surface area contributed by atoms with Crippen molar-refractivity contribution in [1.82, 2.24) is 4.98 Å². The molecule has 0 saturated carbocycles. The molecule has 0 bridgehead atoms. The number of hydrogen-bond donors (Lipinski definition) is 2. The van der Waals surface area contributed by atoms with E-state index in [2.05, 4.69) is 10.3 Å². The Kier molecular flexibility index (Phi) is 3.84. The highest BCUT2D eigenvalue weighted by atomic mass is 32.2. The van der Waals surface area contributed by atoms with Crippen LogP contribution in [0, 0.1) is 0 Å². The van der Waals surface area contributed by atoms with Gasteiger partial charge in [-0.2, -0.15) is 8.78 Å². The number of nitrogens with one attached hydrogen (secondary N) is 2. The van der Waals surface area contributed by atoms with Gasteiger partial charge in [-0.25, -0.2) is 8.42 Å². The predicted octanol–water partition coefficient (Wildman–Crippen LogP) is 2.62. The smallest absolute Gasteiger partial charge is 0.341 e. The number of sulfone groups is 1. The maximum Gasteiger partial charge on any atom is 0.341 e. The molecule has 0 aliphatic rings. The molecule has 0 aliphatic carbocycles. The van der Waals surface area contributed by atoms with Gasteiger partial charge in [-0.1, -0.05) is 12.1 Å². The molecule has 2 N–H and O–H groups in total. The molecule has 0 atom stereocenters. The molecule has 1 aromatic carbocycles. The second kappa shape index (κ2) is 5.40. The third-order valence-electron chi connectivity index (χ3n) is 2.56. The lowest BCUT2D eigenvalue weighted by Crippen LogP contribution is -2.14. The minimum Gasteiger partial charge on any atom is -0.378 e. The summed E-state index contributed by atoms with van der Waals surface area (Å²) < 4.78 is 48.2. The number of alkyl halides is 2. The van der Waals surface area contributed by atoms with Crippen LogP contribution in [-0.2, 0) is 16.4 Å². The average Bonchev–Trinajstić information content (AvgIpc) is 2.89. The lowest BCUT2D eigenvalue weighted by atomic mass is 10.3. The van der Waals surface area contributed by atoms with Crippen LogP contribution in [-0.4, -0.2) is 19.2 Å². The molecule has 1 aromatic heterocycles. The quantitative estimate of drug-likeness (QED) is 0.888. The van der Waals surface area contributed by atoms with Crippen LogP contribution in [0.4, 0.5) is 14.5 Å². The minimum atomic E-state index is -4.60. The summed E-state index contributed by atoms with van der Waals surface area (Å²) in [6.07, 6.45) is 1.72. The molecule has 7 heteroatoms. The second-order valence-electron chi connectivity index (χ2n) is 3.85. The summed E-state index contributed by atoms with van der Waals surface area (Å²) in [5, 5.41) is 2.83. The van der Waals surface area contributed by atoms with Crippen molar-refractivity contribution < 1.29 is 17.2 Å². The molecule has 2 aromatic rings. The number of hydrogen-bond acceptors (Lipinski definition) is 3. The number of halogens is 2. The van der Waals surface area contributed by atoms with Gasteiger partial charge in [0.15, 0.2) is 0 Å². The third kappa shape index (κ3) is 2.93. The van der Waals surface area contributed by atoms with E-state index in [1.807, 2.05) is 0 Å². The summed E-state index contributed by atoms with van der Waals surface area (Å²) >= 11 is 0. The van der Waals surface area contributed by atoms with E-state index in [1.54, 1.807) is 24.4 Å². The van der Waals surface area contributed by atoms with Gasteiger partial charge in [0, 0.05) is 11.9 Å². The van der Waals surface area contributed by atoms with Crippen LogP contribution in [0.1, 0.15) is 5.69 Å². The Bertz CT molecular complexity index is 640. The fourth-order valence-electron chi connectivity index (χ4n) is 1.62. The SMILES string of the molecule is O=S(=O)(c1ccccc1NCc1ccc[nH]1)C(F)F. The largest absolute Gasteiger partial charge is 0.378 e. The molecule has 0 saturated heterocycles. The Morgan fingerprint density at radius 3 is 2.53 bits per heavy atom. The normalized spacial score (nSPS) is 11.7. The summed E-state index contributed by atoms with van der Waals surface area (Å²) in [6, 6.07) is 9.21. The van der Waals surface area contributed by atoms with Crippen molar-refractivity contribution in [3.8, 4) is 0 Å². The zero-order chi connectivity index (χ0) is 13.9. The van der Waals surface area contributed by atoms with Gasteiger partial charge >= 0.3 is 5.76 Å². The molecule has 0 amide bonds. The molecule has 0 spiro atoms. The van der Waals surface area contributed by atoms with Gasteiger partial charge in [-0.3, -0.25) is 0 Å². The van der Waals surface area contributed by atoms with Gasteiger partial charge in [0.25, 0.3) is 0 Å². The van der Waals surface area contributed by atoms with E-state index in [0.717, 1.165) is 5.69 Å². The van der Waals surface area contributed by atoms with E-state index in [4.69, 9.17) is 0 Å². The van der Waals surface area contributed by atoms with E-state index in [-0.39, 0.29) is 5.69 Å². The molecule has 1 heterocycles. The third-order valence-corrected chi connectivity index (χ3v) is 4.00. The van der Waals surface area contributed by atoms with Crippen LogP contribution in [0.25, 0.3) is 0 Å². The first-order chi connectivity index (χ1) is 9.01. The molecule has 2 rings (SSSR count). The molecular formula is C12H12F2N2O2S. The van der Waals surface area contributed by atoms with Crippen LogP contribution in [0.3, 0.4) is 0 Å². The van der Waals surface area contributed by atoms with Crippen LogP contribution >= 0.6 is 0 Å². The van der Waals surface area contributed by atoms with Crippen molar-refractivity contribution in [1.29, 1.82) is 0 Å². The fraction of sp³-hybridized carbons (Fsp3) is 0.167. The Labute approximate surface area is 109 Å². The molecule has 0 aliphatic heterocycles. The summed E-state index contributed by atoms with van der Waals surface area (Å²) in [5.74, 6) is -3.43. The molecule has 19 heavy (non-hydrogen) atoms. The zero-order valence-electron chi connectivity index (χ0n) is 9.81. The highest BCUT2D eigenvalue weighted by Gasteiger charge is 2.28. The molecule has 4 nitrogen and oxygen atoms in total. The van der Waals surface area contributed by atoms with Crippen molar-refractivity contribution in [3.05, 3.63) is 48.3 Å². The van der Waals surface area contributed by atoms with Gasteiger partial charge in [0.05, 0.1) is 17.1 Å². The van der Waals surface area contributed by atoms with E-state index >= 15 is 0 Å². The van der Waals surface area contributed by atoms with Crippen LogP contribution < -0.4 is 5.32 Å². The van der Waals surface area contributed by atoms with Crippen LogP contribution in [0.5, 0.6) is 0 Å². The first-order valence-corrected chi connectivity index (χ1v) is 7.03. The Morgan fingerprint density at radius 1 is 1.16 bits per heavy atom. The average molecular weight is 286 g/mol. The molecule has 102 valence electrons. The van der Waals surface area contributed by atoms with Crippen molar-refractivity contribution in [2.45, 2.75) is 17.2 Å². The summed E-state index contributed by atoms with van der Waals surface area (Å²) in [7, 11) is -4.60. The van der Waals surface area contributed by atoms with Gasteiger partial charge < -0.3 is 10.3 Å². The van der Waals surface area contributed by atoms with Crippen LogP contribution in [0.15, 0.2) is 47.5 Å². The van der Waals surface area contributed by atoms with Gasteiger partial charge in [0.1, 0.15) is 0 Å². The fourth-order valence-corrected chi connectivity index (χ4v) is 2.53. The number of benzene rings is 1. The Morgan fingerprint density at radius 2 is 1.89 bits per heavy atom. The first-order valence-electron chi connectivity index (χ1n) is 5.49. The van der Waals surface area contributed by atoms with E-state index in [0.29, 0.717) is 6.54 Å². The number of para-hydroxylation sites is 1. The number of aromatic amines is 1. The first kappa shape index (κ1) is 13.5. The number of rotatable bonds is 5. The highest BCUT2D eigenvalue weighted by Crippen LogP contribution is 2.26. The van der Waals surface area contributed by atoms with Gasteiger partial charge in [-0.15, -0.1) is 0 Å². The summed E-state index contributed by atoms with van der Waals surface area (Å²) in [5.41, 5.74) is 0.988. The van der Waals surface area contributed by atoms with E-state index in [1.165, 1.54) is 18.2 Å². The number of aromatic nitrogens is 1. The molecule has 0 radical (unpaired) electrons. The van der Waals surface area contributed by atoms with E-state index < -0.39 is 20.5 Å². The summed E-state index contributed by atoms with van der Waals surface area (Å²) in [4.78, 5) is 2.54. The summed E-state index contributed by atoms with van der Waals surface area (Å²) in [6.45, 7) is 0.322. The molecule has 0 fully saturated rings. The monoisotopic (exact) mass is 286 g/mol. The van der Waals surface area contributed by atoms with Crippen LogP contribution in [0.2, 0.25) is 0 Å². The van der Waals surface area contributed by atoms with Gasteiger partial charge in [0.2, 0.25) is 9.84 Å². The minimum absolute atomic E-state index is 0.164. The predicted molar refractivity (Wildman–Crippen MR) is 67.8 cm³/mol. The van der Waals surface area contributed by atoms with Crippen molar-refractivity contribution >= 4 is 15.5 Å². The maximum absolute atomic E-state index is 12.6. The maximum atomic E-state index is 12.6. The Balaban J connectivity index is 2.27.